The minimum Gasteiger partial charge on any atom is -0.444 e. The molecule has 0 unspecified atom stereocenters. The van der Waals surface area contributed by atoms with Gasteiger partial charge in [0.15, 0.2) is 10.4 Å². The number of nitrogens with zero attached hydrogens (tertiary/aromatic N) is 1. The van der Waals surface area contributed by atoms with Crippen LogP contribution in [-0.2, 0) is 14.8 Å². The van der Waals surface area contributed by atoms with E-state index in [4.69, 9.17) is 4.42 Å². The summed E-state index contributed by atoms with van der Waals surface area (Å²) >= 11 is 3.10. The Labute approximate surface area is 172 Å². The topological polar surface area (TPSA) is 109 Å². The molecule has 2 amide bonds. The zero-order chi connectivity index (χ0) is 20.9. The van der Waals surface area contributed by atoms with Crippen molar-refractivity contribution in [1.29, 1.82) is 0 Å². The summed E-state index contributed by atoms with van der Waals surface area (Å²) in [7, 11) is -3.65. The third kappa shape index (κ3) is 5.21. The molecule has 0 fully saturated rings. The van der Waals surface area contributed by atoms with Crippen LogP contribution in [-0.4, -0.2) is 44.2 Å². The number of benzene rings is 1. The number of carbonyl (C=O) groups is 2. The summed E-state index contributed by atoms with van der Waals surface area (Å²) in [6, 6.07) is 7.71. The molecule has 0 bridgehead atoms. The molecule has 10 heteroatoms. The molecule has 2 rings (SSSR count). The number of rotatable bonds is 8. The summed E-state index contributed by atoms with van der Waals surface area (Å²) < 4.78 is 32.4. The molecule has 0 aliphatic carbocycles. The van der Waals surface area contributed by atoms with Gasteiger partial charge in [-0.05, 0) is 52.7 Å². The van der Waals surface area contributed by atoms with E-state index in [1.165, 1.54) is 16.4 Å². The van der Waals surface area contributed by atoms with Gasteiger partial charge in [0.05, 0.1) is 11.4 Å². The molecule has 0 aliphatic rings. The van der Waals surface area contributed by atoms with E-state index in [1.807, 2.05) is 0 Å². The number of hydrogen-bond acceptors (Lipinski definition) is 5. The molecular weight excluding hydrogens is 450 g/mol. The summed E-state index contributed by atoms with van der Waals surface area (Å²) in [6.45, 7) is 5.64. The fourth-order valence-electron chi connectivity index (χ4n) is 2.55. The maximum Gasteiger partial charge on any atom is 0.287 e. The van der Waals surface area contributed by atoms with Crippen LogP contribution in [0.25, 0.3) is 0 Å². The van der Waals surface area contributed by atoms with E-state index < -0.39 is 21.8 Å². The van der Waals surface area contributed by atoms with E-state index in [0.717, 1.165) is 0 Å². The highest BCUT2D eigenvalue weighted by Crippen LogP contribution is 2.23. The number of halogens is 1. The Morgan fingerprint density at radius 3 is 2.39 bits per heavy atom. The first-order valence-electron chi connectivity index (χ1n) is 8.63. The van der Waals surface area contributed by atoms with Crippen LogP contribution in [0.2, 0.25) is 0 Å². The third-order valence-electron chi connectivity index (χ3n) is 4.00. The van der Waals surface area contributed by atoms with E-state index in [-0.39, 0.29) is 17.2 Å². The lowest BCUT2D eigenvalue weighted by Gasteiger charge is -2.20. The van der Waals surface area contributed by atoms with Crippen LogP contribution in [0.15, 0.2) is 44.3 Å². The van der Waals surface area contributed by atoms with Gasteiger partial charge in [0.25, 0.3) is 5.91 Å². The summed E-state index contributed by atoms with van der Waals surface area (Å²) in [5, 5.41) is 5.03. The SMILES string of the molecule is CCN(CC)S(=O)(=O)c1cc(NC(=O)CNC(=O)c2ccc(Br)o2)ccc1C. The number of sulfonamides is 1. The molecule has 0 aliphatic heterocycles. The Morgan fingerprint density at radius 2 is 1.82 bits per heavy atom. The van der Waals surface area contributed by atoms with E-state index in [0.29, 0.717) is 29.0 Å². The molecule has 0 atom stereocenters. The number of carbonyl (C=O) groups excluding carboxylic acids is 2. The smallest absolute Gasteiger partial charge is 0.287 e. The van der Waals surface area contributed by atoms with Gasteiger partial charge < -0.3 is 15.1 Å². The van der Waals surface area contributed by atoms with E-state index in [1.54, 1.807) is 39.0 Å². The molecule has 1 aromatic heterocycles. The van der Waals surface area contributed by atoms with E-state index in [9.17, 15) is 18.0 Å². The predicted octanol–water partition coefficient (Wildman–Crippen LogP) is 2.75. The molecule has 0 saturated carbocycles. The van der Waals surface area contributed by atoms with Crippen LogP contribution in [0.5, 0.6) is 0 Å². The average Bonchev–Trinajstić information content (AvgIpc) is 3.08. The minimum absolute atomic E-state index is 0.0719. The highest BCUT2D eigenvalue weighted by molar-refractivity contribution is 9.10. The van der Waals surface area contributed by atoms with Crippen molar-refractivity contribution in [3.63, 3.8) is 0 Å². The molecule has 0 radical (unpaired) electrons. The van der Waals surface area contributed by atoms with Crippen LogP contribution >= 0.6 is 15.9 Å². The number of anilines is 1. The third-order valence-corrected chi connectivity index (χ3v) is 6.62. The fraction of sp³-hybridized carbons (Fsp3) is 0.333. The van der Waals surface area contributed by atoms with E-state index >= 15 is 0 Å². The molecule has 152 valence electrons. The van der Waals surface area contributed by atoms with Gasteiger partial charge in [0.2, 0.25) is 15.9 Å². The maximum absolute atomic E-state index is 12.8. The van der Waals surface area contributed by atoms with Crippen LogP contribution < -0.4 is 10.6 Å². The summed E-state index contributed by atoms with van der Waals surface area (Å²) in [5.41, 5.74) is 0.915. The van der Waals surface area contributed by atoms with Gasteiger partial charge in [-0.3, -0.25) is 9.59 Å². The normalized spacial score (nSPS) is 11.5. The summed E-state index contributed by atoms with van der Waals surface area (Å²) in [5.74, 6) is -0.953. The first-order valence-corrected chi connectivity index (χ1v) is 10.9. The van der Waals surface area contributed by atoms with Gasteiger partial charge in [0.1, 0.15) is 0 Å². The Bertz CT molecular complexity index is 967. The zero-order valence-corrected chi connectivity index (χ0v) is 18.2. The lowest BCUT2D eigenvalue weighted by molar-refractivity contribution is -0.115. The van der Waals surface area contributed by atoms with Crippen molar-refractivity contribution < 1.29 is 22.4 Å². The zero-order valence-electron chi connectivity index (χ0n) is 15.8. The number of nitrogens with one attached hydrogen (secondary N) is 2. The van der Waals surface area contributed by atoms with Gasteiger partial charge >= 0.3 is 0 Å². The fourth-order valence-corrected chi connectivity index (χ4v) is 4.56. The molecule has 0 spiro atoms. The van der Waals surface area contributed by atoms with Crippen LogP contribution in [0, 0.1) is 6.92 Å². The van der Waals surface area contributed by atoms with Crippen molar-refractivity contribution in [2.24, 2.45) is 0 Å². The van der Waals surface area contributed by atoms with Gasteiger partial charge in [-0.25, -0.2) is 8.42 Å². The first-order chi connectivity index (χ1) is 13.2. The second-order valence-electron chi connectivity index (χ2n) is 5.90. The molecule has 8 nitrogen and oxygen atoms in total. The maximum atomic E-state index is 12.8. The van der Waals surface area contributed by atoms with Gasteiger partial charge in [0, 0.05) is 18.8 Å². The summed E-state index contributed by atoms with van der Waals surface area (Å²) in [4.78, 5) is 24.2. The number of furan rings is 1. The van der Waals surface area contributed by atoms with Crippen molar-refractivity contribution in [2.75, 3.05) is 25.0 Å². The minimum atomic E-state index is -3.65. The Morgan fingerprint density at radius 1 is 1.14 bits per heavy atom. The molecular formula is C18H22BrN3O5S. The van der Waals surface area contributed by atoms with Gasteiger partial charge in [-0.1, -0.05) is 19.9 Å². The quantitative estimate of drug-likeness (QED) is 0.614. The monoisotopic (exact) mass is 471 g/mol. The highest BCUT2D eigenvalue weighted by Gasteiger charge is 2.24. The first kappa shape index (κ1) is 22.1. The van der Waals surface area contributed by atoms with Crippen LogP contribution in [0.3, 0.4) is 0 Å². The average molecular weight is 472 g/mol. The molecule has 0 saturated heterocycles. The summed E-state index contributed by atoms with van der Waals surface area (Å²) in [6.07, 6.45) is 0. The number of amides is 2. The Kier molecular flexibility index (Phi) is 7.39. The molecule has 28 heavy (non-hydrogen) atoms. The Balaban J connectivity index is 2.08. The Hall–Kier alpha value is -2.17. The van der Waals surface area contributed by atoms with Crippen molar-refractivity contribution in [1.82, 2.24) is 9.62 Å². The van der Waals surface area contributed by atoms with Crippen molar-refractivity contribution in [3.05, 3.63) is 46.3 Å². The second kappa shape index (κ2) is 9.35. The molecule has 2 aromatic rings. The number of aryl methyl sites for hydroxylation is 1. The van der Waals surface area contributed by atoms with Crippen LogP contribution in [0.4, 0.5) is 5.69 Å². The van der Waals surface area contributed by atoms with Gasteiger partial charge in [-0.15, -0.1) is 0 Å². The standard InChI is InChI=1S/C18H22BrN3O5S/c1-4-22(5-2)28(25,26)15-10-13(7-6-12(15)3)21-17(23)11-20-18(24)14-8-9-16(19)27-14/h6-10H,4-5,11H2,1-3H3,(H,20,24)(H,21,23). The second-order valence-corrected chi connectivity index (χ2v) is 8.59. The van der Waals surface area contributed by atoms with Crippen molar-refractivity contribution in [3.8, 4) is 0 Å². The number of hydrogen-bond donors (Lipinski definition) is 2. The van der Waals surface area contributed by atoms with Gasteiger partial charge in [-0.2, -0.15) is 4.31 Å². The van der Waals surface area contributed by atoms with Crippen molar-refractivity contribution >= 4 is 43.5 Å². The molecule has 1 heterocycles. The van der Waals surface area contributed by atoms with E-state index in [2.05, 4.69) is 26.6 Å². The molecule has 2 N–H and O–H groups in total. The largest absolute Gasteiger partial charge is 0.444 e. The molecule has 1 aromatic carbocycles. The lowest BCUT2D eigenvalue weighted by atomic mass is 10.2. The van der Waals surface area contributed by atoms with Crippen LogP contribution in [0.1, 0.15) is 30.0 Å². The highest BCUT2D eigenvalue weighted by atomic mass is 79.9. The van der Waals surface area contributed by atoms with Crippen molar-refractivity contribution in [2.45, 2.75) is 25.7 Å². The lowest BCUT2D eigenvalue weighted by Crippen LogP contribution is -2.33. The predicted molar refractivity (Wildman–Crippen MR) is 109 cm³/mol.